The first kappa shape index (κ1) is 23.0. The van der Waals surface area contributed by atoms with Gasteiger partial charge in [0.05, 0.1) is 6.54 Å². The lowest BCUT2D eigenvalue weighted by atomic mass is 10.1. The van der Waals surface area contributed by atoms with Crippen LogP contribution in [0.1, 0.15) is 48.0 Å². The Balaban J connectivity index is 5.09. The molecule has 24 heavy (non-hydrogen) atoms. The summed E-state index contributed by atoms with van der Waals surface area (Å²) in [4.78, 5) is 24.4. The van der Waals surface area contributed by atoms with Gasteiger partial charge >= 0.3 is 12.1 Å². The van der Waals surface area contributed by atoms with Crippen LogP contribution in [0.3, 0.4) is 0 Å². The van der Waals surface area contributed by atoms with Gasteiger partial charge in [-0.2, -0.15) is 5.11 Å². The van der Waals surface area contributed by atoms with Gasteiger partial charge in [-0.1, -0.05) is 21.6 Å². The molecule has 0 rings (SSSR count). The summed E-state index contributed by atoms with van der Waals surface area (Å²) in [5.41, 5.74) is 5.72. The van der Waals surface area contributed by atoms with Gasteiger partial charge in [0, 0.05) is 5.25 Å². The van der Waals surface area contributed by atoms with Gasteiger partial charge < -0.3 is 14.8 Å². The summed E-state index contributed by atoms with van der Waals surface area (Å²) in [7, 11) is 3.03. The average molecular weight is 380 g/mol. The third kappa shape index (κ3) is 11.6. The number of nitrogens with one attached hydrogen (secondary N) is 2. The van der Waals surface area contributed by atoms with Gasteiger partial charge in [-0.3, -0.25) is 0 Å². The maximum Gasteiger partial charge on any atom is 0.408 e. The van der Waals surface area contributed by atoms with Crippen LogP contribution in [0.4, 0.5) is 4.79 Å². The maximum atomic E-state index is 12.4. The third-order valence-electron chi connectivity index (χ3n) is 2.41. The summed E-state index contributed by atoms with van der Waals surface area (Å²) in [6.45, 7) is 10.8. The van der Waals surface area contributed by atoms with Gasteiger partial charge in [0.1, 0.15) is 17.2 Å². The largest absolute Gasteiger partial charge is 0.458 e. The number of carbonyl (C=O) groups excluding carboxylic acids is 2. The van der Waals surface area contributed by atoms with Crippen molar-refractivity contribution in [2.24, 2.45) is 5.11 Å². The van der Waals surface area contributed by atoms with Crippen LogP contribution in [0.5, 0.6) is 0 Å². The molecule has 1 amide bonds. The molecule has 0 spiro atoms. The van der Waals surface area contributed by atoms with Crippen molar-refractivity contribution in [3.05, 3.63) is 0 Å². The number of amides is 1. The molecule has 0 unspecified atom stereocenters. The van der Waals surface area contributed by atoms with Gasteiger partial charge in [0.15, 0.2) is 0 Å². The van der Waals surface area contributed by atoms with Crippen molar-refractivity contribution in [2.45, 2.75) is 70.5 Å². The monoisotopic (exact) mass is 379 g/mol. The normalized spacial score (nSPS) is 14.5. The zero-order valence-corrected chi connectivity index (χ0v) is 17.1. The van der Waals surface area contributed by atoms with Gasteiger partial charge in [-0.25, -0.2) is 15.1 Å². The van der Waals surface area contributed by atoms with E-state index in [1.807, 2.05) is 6.26 Å². The molecule has 0 aliphatic carbocycles. The minimum Gasteiger partial charge on any atom is -0.458 e. The predicted octanol–water partition coefficient (Wildman–Crippen LogP) is 4.02. The summed E-state index contributed by atoms with van der Waals surface area (Å²) >= 11 is 0. The Bertz CT molecular complexity index is 433. The fourth-order valence-electron chi connectivity index (χ4n) is 1.68. The lowest BCUT2D eigenvalue weighted by molar-refractivity contribution is -0.157. The number of esters is 1. The molecule has 0 fully saturated rings. The van der Waals surface area contributed by atoms with E-state index in [4.69, 9.17) is 15.0 Å². The van der Waals surface area contributed by atoms with Crippen molar-refractivity contribution in [3.63, 3.8) is 0 Å². The number of carbonyl (C=O) groups is 2. The van der Waals surface area contributed by atoms with E-state index in [0.29, 0.717) is 6.42 Å². The molecular weight excluding hydrogens is 350 g/mol. The van der Waals surface area contributed by atoms with Crippen molar-refractivity contribution in [1.29, 1.82) is 5.53 Å². The van der Waals surface area contributed by atoms with Crippen LogP contribution < -0.4 is 5.32 Å². The van der Waals surface area contributed by atoms with E-state index in [9.17, 15) is 9.59 Å². The minimum atomic E-state index is -0.856. The Kier molecular flexibility index (Phi) is 9.72. The Morgan fingerprint density at radius 2 is 1.67 bits per heavy atom. The molecule has 0 saturated heterocycles. The van der Waals surface area contributed by atoms with Crippen molar-refractivity contribution in [3.8, 4) is 0 Å². The summed E-state index contributed by atoms with van der Waals surface area (Å²) in [6, 6.07) is -0.856. The van der Waals surface area contributed by atoms with Crippen molar-refractivity contribution in [1.82, 2.24) is 5.32 Å². The highest BCUT2D eigenvalue weighted by Crippen LogP contribution is 2.28. The minimum absolute atomic E-state index is 0.0926. The topological polar surface area (TPSA) is 101 Å². The van der Waals surface area contributed by atoms with E-state index in [1.54, 1.807) is 41.5 Å². The molecule has 0 aromatic heterocycles. The van der Waals surface area contributed by atoms with Crippen LogP contribution >= 0.6 is 21.6 Å². The van der Waals surface area contributed by atoms with Crippen molar-refractivity contribution < 1.29 is 19.1 Å². The molecule has 0 aromatic carbocycles. The van der Waals surface area contributed by atoms with Crippen molar-refractivity contribution in [2.75, 3.05) is 12.8 Å². The van der Waals surface area contributed by atoms with Crippen molar-refractivity contribution >= 4 is 33.7 Å². The van der Waals surface area contributed by atoms with Gasteiger partial charge in [0.25, 0.3) is 0 Å². The highest BCUT2D eigenvalue weighted by Gasteiger charge is 2.31. The number of alkyl carbamates (subject to hydrolysis) is 1. The molecule has 0 heterocycles. The van der Waals surface area contributed by atoms with Crippen LogP contribution in [0, 0.1) is 5.53 Å². The number of hydrogen-bond donors (Lipinski definition) is 2. The third-order valence-corrected chi connectivity index (χ3v) is 4.61. The van der Waals surface area contributed by atoms with E-state index >= 15 is 0 Å². The Morgan fingerprint density at radius 1 is 1.12 bits per heavy atom. The molecule has 9 heteroatoms. The van der Waals surface area contributed by atoms with Crippen LogP contribution in [0.2, 0.25) is 0 Å². The molecule has 0 aliphatic heterocycles. The first-order chi connectivity index (χ1) is 10.9. The number of hydrogen-bond acceptors (Lipinski definition) is 8. The molecule has 0 aliphatic rings. The van der Waals surface area contributed by atoms with Crippen LogP contribution in [-0.4, -0.2) is 47.4 Å². The second kappa shape index (κ2) is 10.1. The van der Waals surface area contributed by atoms with E-state index in [0.717, 1.165) is 0 Å². The molecule has 0 radical (unpaired) electrons. The summed E-state index contributed by atoms with van der Waals surface area (Å²) in [5, 5.41) is 5.89. The molecule has 2 N–H and O–H groups in total. The number of rotatable bonds is 8. The predicted molar refractivity (Wildman–Crippen MR) is 98.5 cm³/mol. The molecule has 2 atom stereocenters. The van der Waals surface area contributed by atoms with Crippen LogP contribution in [-0.2, 0) is 14.3 Å². The fourth-order valence-corrected chi connectivity index (χ4v) is 3.60. The zero-order valence-electron chi connectivity index (χ0n) is 15.5. The van der Waals surface area contributed by atoms with E-state index in [-0.39, 0.29) is 11.8 Å². The quantitative estimate of drug-likeness (QED) is 0.375. The van der Waals surface area contributed by atoms with Crippen LogP contribution in [0.15, 0.2) is 5.11 Å². The average Bonchev–Trinajstić information content (AvgIpc) is 2.34. The molecular formula is C15H29N3O4S2. The summed E-state index contributed by atoms with van der Waals surface area (Å²) in [5.74, 6) is -0.523. The standard InChI is InChI=1S/C15H29N3O4S2/c1-14(2,3)21-12(19)11(8-10(9-17-16)24-23-7)18-13(20)22-15(4,5)6/h10-11,16H,8-9H2,1-7H3,(H,18,20)/t10-,11-/m0/s1. The Labute approximate surface area is 152 Å². The van der Waals surface area contributed by atoms with Gasteiger partial charge in [0.2, 0.25) is 0 Å². The maximum absolute atomic E-state index is 12.4. The lowest BCUT2D eigenvalue weighted by Gasteiger charge is -2.27. The highest BCUT2D eigenvalue weighted by atomic mass is 33.1. The Morgan fingerprint density at radius 3 is 2.08 bits per heavy atom. The summed E-state index contributed by atoms with van der Waals surface area (Å²) < 4.78 is 10.6. The first-order valence-electron chi connectivity index (χ1n) is 7.63. The number of nitrogens with zero attached hydrogens (tertiary/aromatic N) is 1. The van der Waals surface area contributed by atoms with Crippen LogP contribution in [0.25, 0.3) is 0 Å². The molecule has 0 aromatic rings. The Hall–Kier alpha value is -0.960. The SMILES string of the molecule is CSS[C@H](CN=N)C[C@H](NC(=O)OC(C)(C)C)C(=O)OC(C)(C)C. The molecule has 0 bridgehead atoms. The fraction of sp³-hybridized carbons (Fsp3) is 0.867. The molecule has 140 valence electrons. The van der Waals surface area contributed by atoms with E-state index in [1.165, 1.54) is 21.6 Å². The molecule has 0 saturated carbocycles. The van der Waals surface area contributed by atoms with E-state index in [2.05, 4.69) is 10.4 Å². The molecule has 7 nitrogen and oxygen atoms in total. The summed E-state index contributed by atoms with van der Waals surface area (Å²) in [6.07, 6.45) is 1.54. The zero-order chi connectivity index (χ0) is 19.0. The second-order valence-corrected chi connectivity index (χ2v) is 9.96. The smallest absolute Gasteiger partial charge is 0.408 e. The van der Waals surface area contributed by atoms with E-state index < -0.39 is 29.3 Å². The number of ether oxygens (including phenoxy) is 2. The van der Waals surface area contributed by atoms with Gasteiger partial charge in [-0.05, 0) is 54.2 Å². The lowest BCUT2D eigenvalue weighted by Crippen LogP contribution is -2.47. The highest BCUT2D eigenvalue weighted by molar-refractivity contribution is 8.76. The van der Waals surface area contributed by atoms with Gasteiger partial charge in [-0.15, -0.1) is 0 Å². The second-order valence-electron chi connectivity index (χ2n) is 7.19. The first-order valence-corrected chi connectivity index (χ1v) is 10.2.